The quantitative estimate of drug-likeness (QED) is 0.931. The van der Waals surface area contributed by atoms with Gasteiger partial charge in [-0.05, 0) is 12.1 Å². The van der Waals surface area contributed by atoms with Gasteiger partial charge in [-0.2, -0.15) is 0 Å². The van der Waals surface area contributed by atoms with Crippen molar-refractivity contribution in [1.29, 1.82) is 0 Å². The van der Waals surface area contributed by atoms with E-state index in [2.05, 4.69) is 0 Å². The Morgan fingerprint density at radius 2 is 2.14 bits per heavy atom. The molecule has 3 rings (SSSR count). The molecule has 1 aromatic heterocycles. The Kier molecular flexibility index (Phi) is 3.39. The summed E-state index contributed by atoms with van der Waals surface area (Å²) in [6, 6.07) is 8.03. The average molecular weight is 289 g/mol. The predicted octanol–water partition coefficient (Wildman–Crippen LogP) is 1.75. The number of carbonyl (C=O) groups excluding carboxylic acids is 1. The zero-order chi connectivity index (χ0) is 15.0. The normalized spacial score (nSPS) is 21.9. The first kappa shape index (κ1) is 13.6. The Hall–Kier alpha value is -2.34. The molecule has 1 aliphatic rings. The molecule has 1 N–H and O–H groups in total. The summed E-state index contributed by atoms with van der Waals surface area (Å²) in [4.78, 5) is 25.1. The van der Waals surface area contributed by atoms with Crippen LogP contribution in [0.4, 0.5) is 0 Å². The van der Waals surface area contributed by atoms with Gasteiger partial charge in [0, 0.05) is 25.5 Å². The molecule has 1 amide bonds. The van der Waals surface area contributed by atoms with Crippen LogP contribution in [0.2, 0.25) is 0 Å². The third kappa shape index (κ3) is 2.38. The van der Waals surface area contributed by atoms with Gasteiger partial charge in [-0.1, -0.05) is 18.2 Å². The minimum absolute atomic E-state index is 0.152. The standard InChI is InChI=1S/C15H15NO5/c1-20-10-7-11(15(18)19)16(8-10)14(17)13-6-9-4-2-3-5-12(9)21-13/h2-6,10-11H,7-8H2,1H3,(H,18,19). The van der Waals surface area contributed by atoms with Gasteiger partial charge in [0.2, 0.25) is 0 Å². The van der Waals surface area contributed by atoms with E-state index in [-0.39, 0.29) is 24.8 Å². The van der Waals surface area contributed by atoms with Crippen LogP contribution < -0.4 is 0 Å². The number of hydrogen-bond donors (Lipinski definition) is 1. The van der Waals surface area contributed by atoms with Gasteiger partial charge in [0.25, 0.3) is 5.91 Å². The molecule has 0 aliphatic carbocycles. The summed E-state index contributed by atoms with van der Waals surface area (Å²) in [6.07, 6.45) is 0.0251. The van der Waals surface area contributed by atoms with E-state index >= 15 is 0 Å². The molecule has 1 aliphatic heterocycles. The summed E-state index contributed by atoms with van der Waals surface area (Å²) in [7, 11) is 1.51. The van der Waals surface area contributed by atoms with Gasteiger partial charge in [0.15, 0.2) is 5.76 Å². The predicted molar refractivity (Wildman–Crippen MR) is 74.1 cm³/mol. The molecule has 6 heteroatoms. The lowest BCUT2D eigenvalue weighted by Gasteiger charge is -2.19. The highest BCUT2D eigenvalue weighted by molar-refractivity contribution is 5.98. The van der Waals surface area contributed by atoms with Crippen LogP contribution in [0, 0.1) is 0 Å². The number of carbonyl (C=O) groups is 2. The number of methoxy groups -OCH3 is 1. The summed E-state index contributed by atoms with van der Waals surface area (Å²) < 4.78 is 10.7. The van der Waals surface area contributed by atoms with Crippen LogP contribution >= 0.6 is 0 Å². The third-order valence-corrected chi connectivity index (χ3v) is 3.78. The van der Waals surface area contributed by atoms with E-state index in [1.807, 2.05) is 18.2 Å². The number of carboxylic acid groups (broad SMARTS) is 1. The number of hydrogen-bond acceptors (Lipinski definition) is 4. The Balaban J connectivity index is 1.91. The van der Waals surface area contributed by atoms with E-state index in [4.69, 9.17) is 9.15 Å². The fourth-order valence-corrected chi connectivity index (χ4v) is 2.66. The average Bonchev–Trinajstić information content (AvgIpc) is 3.10. The van der Waals surface area contributed by atoms with Gasteiger partial charge < -0.3 is 19.2 Å². The number of para-hydroxylation sites is 1. The van der Waals surface area contributed by atoms with Crippen molar-refractivity contribution >= 4 is 22.8 Å². The molecule has 0 spiro atoms. The second-order valence-corrected chi connectivity index (χ2v) is 5.05. The maximum atomic E-state index is 12.5. The molecular weight excluding hydrogens is 274 g/mol. The van der Waals surface area contributed by atoms with E-state index in [0.29, 0.717) is 5.58 Å². The molecule has 6 nitrogen and oxygen atoms in total. The maximum Gasteiger partial charge on any atom is 0.326 e. The van der Waals surface area contributed by atoms with Crippen molar-refractivity contribution in [2.75, 3.05) is 13.7 Å². The van der Waals surface area contributed by atoms with Crippen LogP contribution in [0.15, 0.2) is 34.7 Å². The van der Waals surface area contributed by atoms with Crippen molar-refractivity contribution in [3.63, 3.8) is 0 Å². The van der Waals surface area contributed by atoms with Gasteiger partial charge in [0.1, 0.15) is 11.6 Å². The zero-order valence-corrected chi connectivity index (χ0v) is 11.5. The fraction of sp³-hybridized carbons (Fsp3) is 0.333. The lowest BCUT2D eigenvalue weighted by atomic mass is 10.2. The lowest BCUT2D eigenvalue weighted by molar-refractivity contribution is -0.141. The molecule has 21 heavy (non-hydrogen) atoms. The number of carboxylic acids is 1. The van der Waals surface area contributed by atoms with E-state index in [1.54, 1.807) is 12.1 Å². The Morgan fingerprint density at radius 3 is 2.81 bits per heavy atom. The number of likely N-dealkylation sites (tertiary alicyclic amines) is 1. The summed E-state index contributed by atoms with van der Waals surface area (Å²) in [5.41, 5.74) is 0.607. The van der Waals surface area contributed by atoms with Gasteiger partial charge in [-0.3, -0.25) is 4.79 Å². The first-order valence-corrected chi connectivity index (χ1v) is 6.65. The Morgan fingerprint density at radius 1 is 1.38 bits per heavy atom. The summed E-state index contributed by atoms with van der Waals surface area (Å²) >= 11 is 0. The van der Waals surface area contributed by atoms with Crippen molar-refractivity contribution in [3.8, 4) is 0 Å². The van der Waals surface area contributed by atoms with Crippen LogP contribution in [0.5, 0.6) is 0 Å². The van der Waals surface area contributed by atoms with Crippen LogP contribution in [0.1, 0.15) is 17.0 Å². The van der Waals surface area contributed by atoms with E-state index < -0.39 is 17.9 Å². The minimum Gasteiger partial charge on any atom is -0.480 e. The maximum absolute atomic E-state index is 12.5. The third-order valence-electron chi connectivity index (χ3n) is 3.78. The molecule has 0 saturated carbocycles. The Labute approximate surface area is 120 Å². The SMILES string of the molecule is COC1CC(C(=O)O)N(C(=O)c2cc3ccccc3o2)C1. The monoisotopic (exact) mass is 289 g/mol. The molecule has 2 heterocycles. The van der Waals surface area contributed by atoms with E-state index in [9.17, 15) is 14.7 Å². The molecule has 2 aromatic rings. The number of furan rings is 1. The number of ether oxygens (including phenoxy) is 1. The van der Waals surface area contributed by atoms with Gasteiger partial charge >= 0.3 is 5.97 Å². The van der Waals surface area contributed by atoms with Crippen LogP contribution in [0.3, 0.4) is 0 Å². The molecule has 1 aromatic carbocycles. The zero-order valence-electron chi connectivity index (χ0n) is 11.5. The van der Waals surface area contributed by atoms with Crippen LogP contribution in [-0.4, -0.2) is 47.7 Å². The smallest absolute Gasteiger partial charge is 0.326 e. The lowest BCUT2D eigenvalue weighted by Crippen LogP contribution is -2.40. The molecule has 1 saturated heterocycles. The van der Waals surface area contributed by atoms with Gasteiger partial charge in [-0.25, -0.2) is 4.79 Å². The number of rotatable bonds is 3. The van der Waals surface area contributed by atoms with Gasteiger partial charge in [-0.15, -0.1) is 0 Å². The number of aliphatic carboxylic acids is 1. The first-order chi connectivity index (χ1) is 10.1. The largest absolute Gasteiger partial charge is 0.480 e. The van der Waals surface area contributed by atoms with Crippen molar-refractivity contribution in [3.05, 3.63) is 36.1 Å². The summed E-state index contributed by atoms with van der Waals surface area (Å²) in [6.45, 7) is 0.253. The first-order valence-electron chi connectivity index (χ1n) is 6.65. The minimum atomic E-state index is -1.03. The summed E-state index contributed by atoms with van der Waals surface area (Å²) in [5.74, 6) is -1.30. The van der Waals surface area contributed by atoms with E-state index in [0.717, 1.165) is 5.39 Å². The molecular formula is C15H15NO5. The van der Waals surface area contributed by atoms with Gasteiger partial charge in [0.05, 0.1) is 6.10 Å². The summed E-state index contributed by atoms with van der Waals surface area (Å²) in [5, 5.41) is 10.1. The topological polar surface area (TPSA) is 80.0 Å². The number of nitrogens with zero attached hydrogens (tertiary/aromatic N) is 1. The van der Waals surface area contributed by atoms with Crippen LogP contribution in [0.25, 0.3) is 11.0 Å². The molecule has 0 bridgehead atoms. The molecule has 110 valence electrons. The molecule has 2 atom stereocenters. The van der Waals surface area contributed by atoms with E-state index in [1.165, 1.54) is 12.0 Å². The van der Waals surface area contributed by atoms with Crippen molar-refractivity contribution < 1.29 is 23.8 Å². The second-order valence-electron chi connectivity index (χ2n) is 5.05. The second kappa shape index (κ2) is 5.21. The molecule has 0 radical (unpaired) electrons. The number of benzene rings is 1. The van der Waals surface area contributed by atoms with Crippen molar-refractivity contribution in [2.24, 2.45) is 0 Å². The van der Waals surface area contributed by atoms with Crippen LogP contribution in [-0.2, 0) is 9.53 Å². The Bertz CT molecular complexity index is 659. The molecule has 1 fully saturated rings. The number of fused-ring (bicyclic) bond motifs is 1. The number of amides is 1. The highest BCUT2D eigenvalue weighted by atomic mass is 16.5. The highest BCUT2D eigenvalue weighted by Crippen LogP contribution is 2.25. The van der Waals surface area contributed by atoms with Crippen molar-refractivity contribution in [2.45, 2.75) is 18.6 Å². The molecule has 2 unspecified atom stereocenters. The fourth-order valence-electron chi connectivity index (χ4n) is 2.66. The highest BCUT2D eigenvalue weighted by Gasteiger charge is 2.41. The van der Waals surface area contributed by atoms with Crippen molar-refractivity contribution in [1.82, 2.24) is 4.90 Å².